The number of rotatable bonds is 5. The molecule has 0 bridgehead atoms. The van der Waals surface area contributed by atoms with Crippen LogP contribution in [0.15, 0.2) is 46.9 Å². The molecule has 0 aliphatic rings. The van der Waals surface area contributed by atoms with Crippen molar-refractivity contribution in [2.45, 2.75) is 19.5 Å². The van der Waals surface area contributed by atoms with Crippen LogP contribution < -0.4 is 4.90 Å². The molecule has 25 heavy (non-hydrogen) atoms. The van der Waals surface area contributed by atoms with E-state index in [0.717, 1.165) is 10.5 Å². The summed E-state index contributed by atoms with van der Waals surface area (Å²) in [6.07, 6.45) is 0. The van der Waals surface area contributed by atoms with Crippen LogP contribution in [-0.2, 0) is 6.54 Å². The van der Waals surface area contributed by atoms with Gasteiger partial charge in [-0.15, -0.1) is 10.2 Å². The molecule has 1 aromatic heterocycles. The summed E-state index contributed by atoms with van der Waals surface area (Å²) < 4.78 is 19.8. The molecule has 0 radical (unpaired) electrons. The van der Waals surface area contributed by atoms with E-state index in [-0.39, 0.29) is 11.9 Å². The Morgan fingerprint density at radius 3 is 2.64 bits per heavy atom. The molecular weight excluding hydrogens is 364 g/mol. The largest absolute Gasteiger partial charge is 0.415 e. The molecule has 4 nitrogen and oxygen atoms in total. The van der Waals surface area contributed by atoms with E-state index in [0.29, 0.717) is 33.9 Å². The number of quaternary nitrogens is 1. The molecular formula is C18H17Cl2FN3O+. The van der Waals surface area contributed by atoms with Gasteiger partial charge in [0, 0.05) is 10.6 Å². The lowest BCUT2D eigenvalue weighted by Gasteiger charge is -2.19. The molecule has 2 aromatic carbocycles. The molecule has 0 aliphatic heterocycles. The Bertz CT molecular complexity index is 864. The SMILES string of the molecule is C[C@@H](c1nnc(-c2cccc(Cl)c2)o1)[NH+](C)Cc1c(F)cccc1Cl. The van der Waals surface area contributed by atoms with Gasteiger partial charge in [0.15, 0.2) is 6.04 Å². The van der Waals surface area contributed by atoms with Crippen LogP contribution in [0, 0.1) is 5.82 Å². The molecule has 2 atom stereocenters. The lowest BCUT2D eigenvalue weighted by atomic mass is 10.1. The maximum Gasteiger partial charge on any atom is 0.274 e. The van der Waals surface area contributed by atoms with Crippen LogP contribution >= 0.6 is 23.2 Å². The second kappa shape index (κ2) is 7.52. The van der Waals surface area contributed by atoms with E-state index >= 15 is 0 Å². The number of nitrogens with one attached hydrogen (secondary N) is 1. The van der Waals surface area contributed by atoms with Crippen molar-refractivity contribution in [3.8, 4) is 11.5 Å². The fourth-order valence-corrected chi connectivity index (χ4v) is 2.91. The predicted molar refractivity (Wildman–Crippen MR) is 95.2 cm³/mol. The average Bonchev–Trinajstić information content (AvgIpc) is 3.07. The topological polar surface area (TPSA) is 43.4 Å². The number of aromatic nitrogens is 2. The van der Waals surface area contributed by atoms with Gasteiger partial charge in [-0.25, -0.2) is 4.39 Å². The predicted octanol–water partition coefficient (Wildman–Crippen LogP) is 3.96. The van der Waals surface area contributed by atoms with E-state index in [9.17, 15) is 4.39 Å². The fourth-order valence-electron chi connectivity index (χ4n) is 2.49. The van der Waals surface area contributed by atoms with Crippen LogP contribution in [-0.4, -0.2) is 17.2 Å². The number of halogens is 3. The second-order valence-electron chi connectivity index (χ2n) is 5.90. The van der Waals surface area contributed by atoms with E-state index in [1.807, 2.05) is 26.1 Å². The first-order valence-electron chi connectivity index (χ1n) is 7.80. The summed E-state index contributed by atoms with van der Waals surface area (Å²) in [4.78, 5) is 0.980. The third kappa shape index (κ3) is 4.00. The maximum atomic E-state index is 14.0. The quantitative estimate of drug-likeness (QED) is 0.728. The van der Waals surface area contributed by atoms with Crippen molar-refractivity contribution < 1.29 is 13.7 Å². The molecule has 0 spiro atoms. The average molecular weight is 381 g/mol. The van der Waals surface area contributed by atoms with Gasteiger partial charge in [-0.2, -0.15) is 0 Å². The molecule has 3 aromatic rings. The Morgan fingerprint density at radius 1 is 1.16 bits per heavy atom. The Kier molecular flexibility index (Phi) is 5.37. The first-order chi connectivity index (χ1) is 12.0. The second-order valence-corrected chi connectivity index (χ2v) is 6.74. The van der Waals surface area contributed by atoms with Crippen LogP contribution in [0.2, 0.25) is 10.0 Å². The standard InChI is InChI=1S/C18H16Cl2FN3O/c1-11(24(2)10-14-15(20)7-4-8-16(14)21)17-22-23-18(25-17)12-5-3-6-13(19)9-12/h3-9,11H,10H2,1-2H3/p+1/t11-/m0/s1. The van der Waals surface area contributed by atoms with Crippen LogP contribution in [0.1, 0.15) is 24.4 Å². The van der Waals surface area contributed by atoms with Gasteiger partial charge in [0.05, 0.1) is 17.6 Å². The summed E-state index contributed by atoms with van der Waals surface area (Å²) >= 11 is 12.1. The normalized spacial score (nSPS) is 13.6. The van der Waals surface area contributed by atoms with Crippen molar-refractivity contribution in [2.24, 2.45) is 0 Å². The van der Waals surface area contributed by atoms with E-state index in [4.69, 9.17) is 27.6 Å². The smallest absolute Gasteiger partial charge is 0.274 e. The lowest BCUT2D eigenvalue weighted by Crippen LogP contribution is -3.07. The van der Waals surface area contributed by atoms with Crippen molar-refractivity contribution in [1.29, 1.82) is 0 Å². The summed E-state index contributed by atoms with van der Waals surface area (Å²) in [7, 11) is 1.93. The minimum atomic E-state index is -0.316. The van der Waals surface area contributed by atoms with Crippen molar-refractivity contribution >= 4 is 23.2 Å². The molecule has 0 amide bonds. The summed E-state index contributed by atoms with van der Waals surface area (Å²) in [6, 6.07) is 11.8. The first-order valence-corrected chi connectivity index (χ1v) is 8.56. The van der Waals surface area contributed by atoms with Gasteiger partial charge in [0.25, 0.3) is 5.89 Å². The highest BCUT2D eigenvalue weighted by Gasteiger charge is 2.24. The molecule has 0 saturated carbocycles. The first kappa shape index (κ1) is 17.9. The van der Waals surface area contributed by atoms with Crippen molar-refractivity contribution in [3.63, 3.8) is 0 Å². The molecule has 0 aliphatic carbocycles. The molecule has 0 saturated heterocycles. The Morgan fingerprint density at radius 2 is 1.92 bits per heavy atom. The number of hydrogen-bond acceptors (Lipinski definition) is 3. The Hall–Kier alpha value is -1.95. The van der Waals surface area contributed by atoms with E-state index in [1.54, 1.807) is 24.3 Å². The summed E-state index contributed by atoms with van der Waals surface area (Å²) in [5.41, 5.74) is 1.23. The minimum absolute atomic E-state index is 0.129. The van der Waals surface area contributed by atoms with Crippen LogP contribution in [0.25, 0.3) is 11.5 Å². The highest BCUT2D eigenvalue weighted by Crippen LogP contribution is 2.23. The molecule has 0 fully saturated rings. The van der Waals surface area contributed by atoms with Crippen LogP contribution in [0.3, 0.4) is 0 Å². The van der Waals surface area contributed by atoms with E-state index in [2.05, 4.69) is 10.2 Å². The van der Waals surface area contributed by atoms with Crippen LogP contribution in [0.4, 0.5) is 4.39 Å². The number of nitrogens with zero attached hydrogens (tertiary/aromatic N) is 2. The zero-order valence-corrected chi connectivity index (χ0v) is 15.3. The van der Waals surface area contributed by atoms with Crippen molar-refractivity contribution in [2.75, 3.05) is 7.05 Å². The van der Waals surface area contributed by atoms with Gasteiger partial charge < -0.3 is 9.32 Å². The molecule has 1 N–H and O–H groups in total. The zero-order chi connectivity index (χ0) is 18.0. The summed E-state index contributed by atoms with van der Waals surface area (Å²) in [5.74, 6) is 0.560. The van der Waals surface area contributed by atoms with Gasteiger partial charge in [0.1, 0.15) is 12.4 Å². The monoisotopic (exact) mass is 380 g/mol. The van der Waals surface area contributed by atoms with Gasteiger partial charge in [-0.3, -0.25) is 0 Å². The Balaban J connectivity index is 1.78. The summed E-state index contributed by atoms with van der Waals surface area (Å²) in [6.45, 7) is 2.35. The van der Waals surface area contributed by atoms with Gasteiger partial charge in [-0.05, 0) is 37.3 Å². The minimum Gasteiger partial charge on any atom is -0.415 e. The van der Waals surface area contributed by atoms with Crippen LogP contribution in [0.5, 0.6) is 0 Å². The van der Waals surface area contributed by atoms with Crippen molar-refractivity contribution in [1.82, 2.24) is 10.2 Å². The third-order valence-corrected chi connectivity index (χ3v) is 4.73. The van der Waals surface area contributed by atoms with E-state index < -0.39 is 0 Å². The van der Waals surface area contributed by atoms with Crippen molar-refractivity contribution in [3.05, 3.63) is 69.8 Å². The van der Waals surface area contributed by atoms with E-state index in [1.165, 1.54) is 6.07 Å². The Labute approximate surface area is 155 Å². The molecule has 1 unspecified atom stereocenters. The zero-order valence-electron chi connectivity index (χ0n) is 13.8. The number of hydrogen-bond donors (Lipinski definition) is 1. The third-order valence-electron chi connectivity index (χ3n) is 4.14. The molecule has 1 heterocycles. The summed E-state index contributed by atoms with van der Waals surface area (Å²) in [5, 5.41) is 9.22. The maximum absolute atomic E-state index is 14.0. The fraction of sp³-hybridized carbons (Fsp3) is 0.222. The highest BCUT2D eigenvalue weighted by atomic mass is 35.5. The lowest BCUT2D eigenvalue weighted by molar-refractivity contribution is -0.925. The molecule has 130 valence electrons. The number of benzene rings is 2. The molecule has 7 heteroatoms. The van der Waals surface area contributed by atoms with Gasteiger partial charge in [0.2, 0.25) is 5.89 Å². The van der Waals surface area contributed by atoms with Gasteiger partial charge in [-0.1, -0.05) is 35.3 Å². The molecule has 3 rings (SSSR count). The highest BCUT2D eigenvalue weighted by molar-refractivity contribution is 6.31. The van der Waals surface area contributed by atoms with Gasteiger partial charge >= 0.3 is 0 Å².